The van der Waals surface area contributed by atoms with Gasteiger partial charge in [0.2, 0.25) is 0 Å². The highest BCUT2D eigenvalue weighted by Gasteiger charge is 2.11. The number of methoxy groups -OCH3 is 1. The number of carbonyl (C=O) groups is 1. The zero-order valence-corrected chi connectivity index (χ0v) is 11.9. The van der Waals surface area contributed by atoms with Gasteiger partial charge in [-0.15, -0.1) is 0 Å². The SMILES string of the molecule is COCc1ncc(C#N)c(NC(=O)OCc2ccccc2)n1. The zero-order chi connectivity index (χ0) is 15.8. The number of aromatic nitrogens is 2. The lowest BCUT2D eigenvalue weighted by Crippen LogP contribution is -2.16. The van der Waals surface area contributed by atoms with Gasteiger partial charge in [-0.05, 0) is 5.56 Å². The quantitative estimate of drug-likeness (QED) is 0.909. The van der Waals surface area contributed by atoms with Crippen LogP contribution in [0.15, 0.2) is 36.5 Å². The smallest absolute Gasteiger partial charge is 0.413 e. The second-order valence-electron chi connectivity index (χ2n) is 4.28. The van der Waals surface area contributed by atoms with Crippen LogP contribution in [0.5, 0.6) is 0 Å². The average Bonchev–Trinajstić information content (AvgIpc) is 2.54. The van der Waals surface area contributed by atoms with Crippen LogP contribution in [0.3, 0.4) is 0 Å². The van der Waals surface area contributed by atoms with Crippen molar-refractivity contribution in [1.29, 1.82) is 5.26 Å². The summed E-state index contributed by atoms with van der Waals surface area (Å²) in [6.45, 7) is 0.310. The van der Waals surface area contributed by atoms with Gasteiger partial charge >= 0.3 is 6.09 Å². The molecule has 1 amide bonds. The minimum atomic E-state index is -0.692. The van der Waals surface area contributed by atoms with Gasteiger partial charge in [0.05, 0.1) is 6.20 Å². The van der Waals surface area contributed by atoms with E-state index in [2.05, 4.69) is 15.3 Å². The van der Waals surface area contributed by atoms with Crippen molar-refractivity contribution in [2.45, 2.75) is 13.2 Å². The number of carbonyl (C=O) groups excluding carboxylic acids is 1. The Bertz CT molecular complexity index is 683. The summed E-state index contributed by atoms with van der Waals surface area (Å²) in [5, 5.41) is 11.4. The van der Waals surface area contributed by atoms with Crippen LogP contribution in [0.2, 0.25) is 0 Å². The largest absolute Gasteiger partial charge is 0.444 e. The van der Waals surface area contributed by atoms with E-state index in [1.54, 1.807) is 0 Å². The van der Waals surface area contributed by atoms with Crippen molar-refractivity contribution in [2.75, 3.05) is 12.4 Å². The molecule has 0 bridgehead atoms. The van der Waals surface area contributed by atoms with E-state index in [1.807, 2.05) is 36.4 Å². The zero-order valence-electron chi connectivity index (χ0n) is 11.9. The van der Waals surface area contributed by atoms with Gasteiger partial charge in [0.25, 0.3) is 0 Å². The van der Waals surface area contributed by atoms with E-state index in [0.717, 1.165) is 5.56 Å². The number of ether oxygens (including phenoxy) is 2. The highest BCUT2D eigenvalue weighted by Crippen LogP contribution is 2.12. The molecule has 7 heteroatoms. The second kappa shape index (κ2) is 7.71. The Morgan fingerprint density at radius 2 is 2.09 bits per heavy atom. The molecule has 1 aromatic carbocycles. The summed E-state index contributed by atoms with van der Waals surface area (Å²) in [5.74, 6) is 0.461. The van der Waals surface area contributed by atoms with Crippen molar-refractivity contribution in [3.05, 3.63) is 53.5 Å². The van der Waals surface area contributed by atoms with Gasteiger partial charge in [-0.1, -0.05) is 30.3 Å². The molecular formula is C15H14N4O3. The molecule has 0 atom stereocenters. The standard InChI is InChI=1S/C15H14N4O3/c1-21-10-13-17-8-12(7-16)14(18-13)19-15(20)22-9-11-5-3-2-4-6-11/h2-6,8H,9-10H2,1H3,(H,17,18,19,20). The molecule has 2 aromatic rings. The first-order chi connectivity index (χ1) is 10.7. The number of hydrogen-bond acceptors (Lipinski definition) is 6. The van der Waals surface area contributed by atoms with Crippen molar-refractivity contribution >= 4 is 11.9 Å². The van der Waals surface area contributed by atoms with Gasteiger partial charge in [-0.2, -0.15) is 5.26 Å². The third-order valence-corrected chi connectivity index (χ3v) is 2.67. The van der Waals surface area contributed by atoms with Gasteiger partial charge in [0.15, 0.2) is 11.6 Å². The molecule has 1 N–H and O–H groups in total. The predicted molar refractivity (Wildman–Crippen MR) is 77.7 cm³/mol. The number of nitriles is 1. The number of rotatable bonds is 5. The molecule has 7 nitrogen and oxygen atoms in total. The fourth-order valence-electron chi connectivity index (χ4n) is 1.65. The Morgan fingerprint density at radius 1 is 1.32 bits per heavy atom. The van der Waals surface area contributed by atoms with Gasteiger partial charge in [0.1, 0.15) is 24.8 Å². The molecule has 0 fully saturated rings. The Kier molecular flexibility index (Phi) is 5.40. The summed E-state index contributed by atoms with van der Waals surface area (Å²) in [4.78, 5) is 19.8. The molecule has 2 rings (SSSR count). The minimum absolute atomic E-state index is 0.0996. The Hall–Kier alpha value is -2.98. The van der Waals surface area contributed by atoms with Crippen LogP contribution in [0, 0.1) is 11.3 Å². The van der Waals surface area contributed by atoms with Crippen LogP contribution < -0.4 is 5.32 Å². The molecule has 1 heterocycles. The Labute approximate surface area is 127 Å². The molecule has 0 aliphatic carbocycles. The van der Waals surface area contributed by atoms with E-state index in [0.29, 0.717) is 5.82 Å². The minimum Gasteiger partial charge on any atom is -0.444 e. The third-order valence-electron chi connectivity index (χ3n) is 2.67. The fraction of sp³-hybridized carbons (Fsp3) is 0.200. The molecule has 22 heavy (non-hydrogen) atoms. The molecule has 0 saturated heterocycles. The highest BCUT2D eigenvalue weighted by molar-refractivity contribution is 5.84. The fourth-order valence-corrected chi connectivity index (χ4v) is 1.65. The van der Waals surface area contributed by atoms with E-state index >= 15 is 0 Å². The maximum absolute atomic E-state index is 11.8. The lowest BCUT2D eigenvalue weighted by atomic mass is 10.2. The maximum Gasteiger partial charge on any atom is 0.413 e. The number of anilines is 1. The third kappa shape index (κ3) is 4.26. The van der Waals surface area contributed by atoms with Crippen molar-refractivity contribution in [3.8, 4) is 6.07 Å². The van der Waals surface area contributed by atoms with Gasteiger partial charge in [0, 0.05) is 7.11 Å². The van der Waals surface area contributed by atoms with E-state index in [-0.39, 0.29) is 24.6 Å². The van der Waals surface area contributed by atoms with Crippen LogP contribution in [-0.2, 0) is 22.7 Å². The van der Waals surface area contributed by atoms with Gasteiger partial charge in [-0.3, -0.25) is 5.32 Å². The summed E-state index contributed by atoms with van der Waals surface area (Å²) in [5.41, 5.74) is 1.01. The Balaban J connectivity index is 2.01. The summed E-state index contributed by atoms with van der Waals surface area (Å²) in [6, 6.07) is 11.2. The topological polar surface area (TPSA) is 97.1 Å². The lowest BCUT2D eigenvalue weighted by Gasteiger charge is -2.08. The first kappa shape index (κ1) is 15.4. The molecule has 0 aliphatic rings. The average molecular weight is 298 g/mol. The van der Waals surface area contributed by atoms with Crippen molar-refractivity contribution in [3.63, 3.8) is 0 Å². The molecule has 1 aromatic heterocycles. The molecule has 0 unspecified atom stereocenters. The van der Waals surface area contributed by atoms with Crippen molar-refractivity contribution < 1.29 is 14.3 Å². The summed E-state index contributed by atoms with van der Waals surface area (Å²) >= 11 is 0. The first-order valence-electron chi connectivity index (χ1n) is 6.45. The number of nitrogens with one attached hydrogen (secondary N) is 1. The van der Waals surface area contributed by atoms with E-state index < -0.39 is 6.09 Å². The van der Waals surface area contributed by atoms with Crippen LogP contribution in [-0.4, -0.2) is 23.2 Å². The number of nitrogens with zero attached hydrogens (tertiary/aromatic N) is 3. The van der Waals surface area contributed by atoms with Gasteiger partial charge < -0.3 is 9.47 Å². The van der Waals surface area contributed by atoms with Crippen LogP contribution in [0.25, 0.3) is 0 Å². The molecule has 112 valence electrons. The predicted octanol–water partition coefficient (Wildman–Crippen LogP) is 2.24. The molecule has 0 spiro atoms. The van der Waals surface area contributed by atoms with Crippen molar-refractivity contribution in [1.82, 2.24) is 9.97 Å². The molecule has 0 aliphatic heterocycles. The summed E-state index contributed by atoms with van der Waals surface area (Å²) in [7, 11) is 1.50. The van der Waals surface area contributed by atoms with Crippen LogP contribution >= 0.6 is 0 Å². The first-order valence-corrected chi connectivity index (χ1v) is 6.45. The molecule has 0 radical (unpaired) electrons. The van der Waals surface area contributed by atoms with Crippen LogP contribution in [0.4, 0.5) is 10.6 Å². The second-order valence-corrected chi connectivity index (χ2v) is 4.28. The maximum atomic E-state index is 11.8. The molecule has 0 saturated carbocycles. The number of benzene rings is 1. The summed E-state index contributed by atoms with van der Waals surface area (Å²) < 4.78 is 10.00. The van der Waals surface area contributed by atoms with E-state index in [9.17, 15) is 4.79 Å². The van der Waals surface area contributed by atoms with Crippen molar-refractivity contribution in [2.24, 2.45) is 0 Å². The monoisotopic (exact) mass is 298 g/mol. The normalized spacial score (nSPS) is 9.82. The highest BCUT2D eigenvalue weighted by atomic mass is 16.5. The number of hydrogen-bond donors (Lipinski definition) is 1. The molecular weight excluding hydrogens is 284 g/mol. The van der Waals surface area contributed by atoms with Gasteiger partial charge in [-0.25, -0.2) is 14.8 Å². The summed E-state index contributed by atoms with van der Waals surface area (Å²) in [6.07, 6.45) is 0.635. The Morgan fingerprint density at radius 3 is 2.77 bits per heavy atom. The lowest BCUT2D eigenvalue weighted by molar-refractivity contribution is 0.155. The van der Waals surface area contributed by atoms with E-state index in [1.165, 1.54) is 13.3 Å². The van der Waals surface area contributed by atoms with E-state index in [4.69, 9.17) is 14.7 Å². The number of amides is 1. The van der Waals surface area contributed by atoms with Crippen LogP contribution in [0.1, 0.15) is 17.0 Å².